The van der Waals surface area contributed by atoms with Crippen LogP contribution < -0.4 is 11.1 Å². The number of hydrogen-bond donors (Lipinski definition) is 2. The lowest BCUT2D eigenvalue weighted by atomic mass is 9.91. The molecule has 0 fully saturated rings. The van der Waals surface area contributed by atoms with Gasteiger partial charge in [0.2, 0.25) is 5.91 Å². The summed E-state index contributed by atoms with van der Waals surface area (Å²) in [7, 11) is 0. The van der Waals surface area contributed by atoms with Crippen LogP contribution in [0.1, 0.15) is 59.8 Å². The normalized spacial score (nSPS) is 11.9. The van der Waals surface area contributed by atoms with E-state index in [2.05, 4.69) is 33.0 Å². The fourth-order valence-corrected chi connectivity index (χ4v) is 1.95. The lowest BCUT2D eigenvalue weighted by Gasteiger charge is -2.32. The maximum absolute atomic E-state index is 11.9. The number of hydrogen-bond acceptors (Lipinski definition) is 2. The van der Waals surface area contributed by atoms with Crippen molar-refractivity contribution < 1.29 is 4.79 Å². The molecule has 0 atom stereocenters. The maximum atomic E-state index is 11.9. The summed E-state index contributed by atoms with van der Waals surface area (Å²) in [5.74, 6) is 0.659. The molecule has 0 aliphatic carbocycles. The molecule has 3 heteroatoms. The molecule has 96 valence electrons. The maximum Gasteiger partial charge on any atom is 0.220 e. The van der Waals surface area contributed by atoms with Crippen LogP contribution in [0.3, 0.4) is 0 Å². The van der Waals surface area contributed by atoms with Crippen molar-refractivity contribution in [3.63, 3.8) is 0 Å². The van der Waals surface area contributed by atoms with Gasteiger partial charge >= 0.3 is 0 Å². The zero-order chi connectivity index (χ0) is 12.6. The van der Waals surface area contributed by atoms with Gasteiger partial charge in [-0.2, -0.15) is 0 Å². The van der Waals surface area contributed by atoms with Crippen molar-refractivity contribution >= 4 is 5.91 Å². The minimum atomic E-state index is -0.191. The van der Waals surface area contributed by atoms with Gasteiger partial charge in [0.25, 0.3) is 0 Å². The van der Waals surface area contributed by atoms with Crippen LogP contribution in [0.15, 0.2) is 0 Å². The van der Waals surface area contributed by atoms with Gasteiger partial charge in [0.15, 0.2) is 0 Å². The Morgan fingerprint density at radius 1 is 1.19 bits per heavy atom. The van der Waals surface area contributed by atoms with Gasteiger partial charge < -0.3 is 11.1 Å². The molecule has 0 aliphatic heterocycles. The van der Waals surface area contributed by atoms with Crippen LogP contribution in [0.4, 0.5) is 0 Å². The Balaban J connectivity index is 4.30. The zero-order valence-corrected chi connectivity index (χ0v) is 11.3. The Morgan fingerprint density at radius 3 is 2.00 bits per heavy atom. The molecule has 0 saturated carbocycles. The van der Waals surface area contributed by atoms with Crippen LogP contribution >= 0.6 is 0 Å². The monoisotopic (exact) mass is 228 g/mol. The average molecular weight is 228 g/mol. The summed E-state index contributed by atoms with van der Waals surface area (Å²) in [5.41, 5.74) is 5.57. The minimum Gasteiger partial charge on any atom is -0.349 e. The van der Waals surface area contributed by atoms with Crippen molar-refractivity contribution in [2.45, 2.75) is 65.3 Å². The molecule has 0 aromatic carbocycles. The van der Waals surface area contributed by atoms with E-state index in [0.29, 0.717) is 18.9 Å². The number of carbonyl (C=O) groups excluding carboxylic acids is 1. The zero-order valence-electron chi connectivity index (χ0n) is 11.3. The number of carbonyl (C=O) groups is 1. The first-order chi connectivity index (χ1) is 7.57. The lowest BCUT2D eigenvalue weighted by molar-refractivity contribution is -0.124. The topological polar surface area (TPSA) is 55.1 Å². The summed E-state index contributed by atoms with van der Waals surface area (Å²) in [6.45, 7) is 8.95. The Labute approximate surface area is 100 Å². The number of amides is 1. The molecule has 1 amide bonds. The predicted octanol–water partition coefficient (Wildman–Crippen LogP) is 2.45. The molecule has 0 bridgehead atoms. The van der Waals surface area contributed by atoms with Crippen LogP contribution in [0.25, 0.3) is 0 Å². The molecule has 0 aliphatic rings. The smallest absolute Gasteiger partial charge is 0.220 e. The highest BCUT2D eigenvalue weighted by Gasteiger charge is 2.26. The highest BCUT2D eigenvalue weighted by molar-refractivity contribution is 5.77. The second-order valence-corrected chi connectivity index (χ2v) is 4.63. The van der Waals surface area contributed by atoms with Crippen molar-refractivity contribution in [2.24, 2.45) is 11.7 Å². The van der Waals surface area contributed by atoms with Crippen molar-refractivity contribution in [1.29, 1.82) is 0 Å². The highest BCUT2D eigenvalue weighted by Crippen LogP contribution is 2.16. The van der Waals surface area contributed by atoms with Crippen LogP contribution in [0.2, 0.25) is 0 Å². The SMILES string of the molecule is CCC(CC)CC(=O)NC(CC)(CC)CN. The van der Waals surface area contributed by atoms with Crippen molar-refractivity contribution in [3.05, 3.63) is 0 Å². The van der Waals surface area contributed by atoms with Crippen molar-refractivity contribution in [1.82, 2.24) is 5.32 Å². The standard InChI is InChI=1S/C13H28N2O/c1-5-11(6-2)9-12(16)15-13(7-3,8-4)10-14/h11H,5-10,14H2,1-4H3,(H,15,16). The van der Waals surface area contributed by atoms with Crippen LogP contribution in [0.5, 0.6) is 0 Å². The summed E-state index contributed by atoms with van der Waals surface area (Å²) in [6, 6.07) is 0. The number of nitrogens with two attached hydrogens (primary N) is 1. The van der Waals surface area contributed by atoms with E-state index in [9.17, 15) is 4.79 Å². The van der Waals surface area contributed by atoms with Gasteiger partial charge in [0, 0.05) is 13.0 Å². The molecular formula is C13H28N2O. The molecule has 0 unspecified atom stereocenters. The van der Waals surface area contributed by atoms with Crippen molar-refractivity contribution in [3.8, 4) is 0 Å². The summed E-state index contributed by atoms with van der Waals surface area (Å²) in [4.78, 5) is 11.9. The first-order valence-electron chi connectivity index (χ1n) is 6.58. The summed E-state index contributed by atoms with van der Waals surface area (Å²) >= 11 is 0. The van der Waals surface area contributed by atoms with Gasteiger partial charge in [-0.3, -0.25) is 4.79 Å². The first-order valence-corrected chi connectivity index (χ1v) is 6.58. The van der Waals surface area contributed by atoms with E-state index in [0.717, 1.165) is 25.7 Å². The Kier molecular flexibility index (Phi) is 7.39. The second kappa shape index (κ2) is 7.66. The Hall–Kier alpha value is -0.570. The largest absolute Gasteiger partial charge is 0.349 e. The molecule has 0 aromatic heterocycles. The van der Waals surface area contributed by atoms with E-state index in [1.807, 2.05) is 0 Å². The summed E-state index contributed by atoms with van der Waals surface area (Å²) < 4.78 is 0. The Bertz CT molecular complexity index is 188. The van der Waals surface area contributed by atoms with Crippen LogP contribution in [0, 0.1) is 5.92 Å². The molecule has 0 aromatic rings. The quantitative estimate of drug-likeness (QED) is 0.670. The van der Waals surface area contributed by atoms with E-state index >= 15 is 0 Å². The third-order valence-electron chi connectivity index (χ3n) is 3.78. The predicted molar refractivity (Wildman–Crippen MR) is 69.2 cm³/mol. The molecule has 0 spiro atoms. The summed E-state index contributed by atoms with van der Waals surface area (Å²) in [5, 5.41) is 3.11. The van der Waals surface area contributed by atoms with Gasteiger partial charge in [-0.1, -0.05) is 40.5 Å². The fraction of sp³-hybridized carbons (Fsp3) is 0.923. The number of nitrogens with one attached hydrogen (secondary N) is 1. The van der Waals surface area contributed by atoms with Gasteiger partial charge in [-0.15, -0.1) is 0 Å². The molecule has 16 heavy (non-hydrogen) atoms. The third kappa shape index (κ3) is 4.52. The van der Waals surface area contributed by atoms with Gasteiger partial charge in [-0.25, -0.2) is 0 Å². The first kappa shape index (κ1) is 15.4. The van der Waals surface area contributed by atoms with E-state index in [1.54, 1.807) is 0 Å². The molecule has 0 saturated heterocycles. The van der Waals surface area contributed by atoms with Gasteiger partial charge in [0.05, 0.1) is 5.54 Å². The molecular weight excluding hydrogens is 200 g/mol. The highest BCUT2D eigenvalue weighted by atomic mass is 16.1. The summed E-state index contributed by atoms with van der Waals surface area (Å²) in [6.07, 6.45) is 4.56. The Morgan fingerprint density at radius 2 is 1.69 bits per heavy atom. The van der Waals surface area contributed by atoms with Crippen LogP contribution in [-0.4, -0.2) is 18.0 Å². The molecule has 3 nitrogen and oxygen atoms in total. The average Bonchev–Trinajstić information content (AvgIpc) is 2.33. The molecule has 3 N–H and O–H groups in total. The second-order valence-electron chi connectivity index (χ2n) is 4.63. The minimum absolute atomic E-state index is 0.155. The lowest BCUT2D eigenvalue weighted by Crippen LogP contribution is -2.53. The van der Waals surface area contributed by atoms with E-state index in [4.69, 9.17) is 5.73 Å². The van der Waals surface area contributed by atoms with E-state index < -0.39 is 0 Å². The number of rotatable bonds is 8. The molecule has 0 radical (unpaired) electrons. The van der Waals surface area contributed by atoms with Crippen molar-refractivity contribution in [2.75, 3.05) is 6.54 Å². The van der Waals surface area contributed by atoms with Gasteiger partial charge in [0.1, 0.15) is 0 Å². The van der Waals surface area contributed by atoms with Gasteiger partial charge in [-0.05, 0) is 18.8 Å². The molecule has 0 heterocycles. The van der Waals surface area contributed by atoms with Crippen LogP contribution in [-0.2, 0) is 4.79 Å². The fourth-order valence-electron chi connectivity index (χ4n) is 1.95. The van der Waals surface area contributed by atoms with E-state index in [1.165, 1.54) is 0 Å². The third-order valence-corrected chi connectivity index (χ3v) is 3.78. The molecule has 0 rings (SSSR count). The van der Waals surface area contributed by atoms with E-state index in [-0.39, 0.29) is 11.4 Å².